The van der Waals surface area contributed by atoms with Crippen LogP contribution in [0, 0.1) is 11.6 Å². The van der Waals surface area contributed by atoms with E-state index >= 15 is 0 Å². The Morgan fingerprint density at radius 2 is 1.93 bits per heavy atom. The lowest BCUT2D eigenvalue weighted by atomic mass is 10.2. The lowest BCUT2D eigenvalue weighted by molar-refractivity contribution is 0.193. The van der Waals surface area contributed by atoms with Gasteiger partial charge in [-0.25, -0.2) is 13.6 Å². The number of anilines is 1. The third-order valence-corrected chi connectivity index (χ3v) is 4.46. The highest BCUT2D eigenvalue weighted by atomic mass is 19.1. The fraction of sp³-hybridized carbons (Fsp3) is 0.211. The SMILES string of the molecule is O=C(Nc1ccccc1F)N1CCC[C@H]1c1nc(-c2ccc(F)cc2)no1. The minimum Gasteiger partial charge on any atom is -0.337 e. The molecule has 3 aromatic rings. The zero-order chi connectivity index (χ0) is 18.8. The van der Waals surface area contributed by atoms with Gasteiger partial charge in [-0.3, -0.25) is 0 Å². The smallest absolute Gasteiger partial charge is 0.322 e. The number of para-hydroxylation sites is 1. The molecule has 1 aliphatic rings. The van der Waals surface area contributed by atoms with E-state index in [-0.39, 0.29) is 11.5 Å². The van der Waals surface area contributed by atoms with Crippen LogP contribution in [0.1, 0.15) is 24.8 Å². The van der Waals surface area contributed by atoms with E-state index in [9.17, 15) is 13.6 Å². The van der Waals surface area contributed by atoms with Crippen LogP contribution in [0.15, 0.2) is 53.1 Å². The van der Waals surface area contributed by atoms with Crippen molar-refractivity contribution in [3.05, 3.63) is 66.1 Å². The molecule has 1 saturated heterocycles. The van der Waals surface area contributed by atoms with Crippen LogP contribution in [0.2, 0.25) is 0 Å². The topological polar surface area (TPSA) is 71.3 Å². The molecule has 0 bridgehead atoms. The number of urea groups is 1. The summed E-state index contributed by atoms with van der Waals surface area (Å²) in [4.78, 5) is 18.5. The molecule has 6 nitrogen and oxygen atoms in total. The normalized spacial score (nSPS) is 16.5. The summed E-state index contributed by atoms with van der Waals surface area (Å²) in [5.41, 5.74) is 0.734. The summed E-state index contributed by atoms with van der Waals surface area (Å²) < 4.78 is 32.2. The lowest BCUT2D eigenvalue weighted by Gasteiger charge is -2.22. The average Bonchev–Trinajstić information content (AvgIpc) is 3.33. The summed E-state index contributed by atoms with van der Waals surface area (Å²) in [6, 6.07) is 10.9. The minimum atomic E-state index is -0.502. The maximum atomic E-state index is 13.8. The second kappa shape index (κ2) is 7.14. The number of hydrogen-bond donors (Lipinski definition) is 1. The van der Waals surface area contributed by atoms with Gasteiger partial charge in [-0.05, 0) is 49.2 Å². The number of amides is 2. The fourth-order valence-electron chi connectivity index (χ4n) is 3.10. The van der Waals surface area contributed by atoms with E-state index in [1.54, 1.807) is 29.2 Å². The van der Waals surface area contributed by atoms with E-state index < -0.39 is 17.9 Å². The van der Waals surface area contributed by atoms with Gasteiger partial charge in [0.25, 0.3) is 0 Å². The molecule has 2 heterocycles. The molecule has 0 saturated carbocycles. The average molecular weight is 370 g/mol. The van der Waals surface area contributed by atoms with Crippen LogP contribution < -0.4 is 5.32 Å². The fourth-order valence-corrected chi connectivity index (χ4v) is 3.10. The maximum Gasteiger partial charge on any atom is 0.322 e. The van der Waals surface area contributed by atoms with Gasteiger partial charge in [-0.15, -0.1) is 0 Å². The quantitative estimate of drug-likeness (QED) is 0.743. The first-order valence-corrected chi connectivity index (χ1v) is 8.53. The third kappa shape index (κ3) is 3.51. The molecule has 0 spiro atoms. The Morgan fingerprint density at radius 1 is 1.15 bits per heavy atom. The van der Waals surface area contributed by atoms with E-state index in [0.717, 1.165) is 6.42 Å². The Bertz CT molecular complexity index is 958. The number of nitrogens with one attached hydrogen (secondary N) is 1. The Morgan fingerprint density at radius 3 is 2.70 bits per heavy atom. The highest BCUT2D eigenvalue weighted by Gasteiger charge is 2.34. The van der Waals surface area contributed by atoms with Gasteiger partial charge in [0, 0.05) is 12.1 Å². The van der Waals surface area contributed by atoms with Crippen molar-refractivity contribution in [2.24, 2.45) is 0 Å². The number of hydrogen-bond acceptors (Lipinski definition) is 4. The highest BCUT2D eigenvalue weighted by Crippen LogP contribution is 2.32. The summed E-state index contributed by atoms with van der Waals surface area (Å²) in [5, 5.41) is 6.50. The van der Waals surface area contributed by atoms with Crippen molar-refractivity contribution in [1.82, 2.24) is 15.0 Å². The first-order chi connectivity index (χ1) is 13.1. The van der Waals surface area contributed by atoms with Crippen molar-refractivity contribution in [2.45, 2.75) is 18.9 Å². The number of aromatic nitrogens is 2. The van der Waals surface area contributed by atoms with E-state index in [4.69, 9.17) is 4.52 Å². The molecule has 1 fully saturated rings. The van der Waals surface area contributed by atoms with Crippen LogP contribution in [0.25, 0.3) is 11.4 Å². The summed E-state index contributed by atoms with van der Waals surface area (Å²) >= 11 is 0. The lowest BCUT2D eigenvalue weighted by Crippen LogP contribution is -2.34. The number of nitrogens with zero attached hydrogens (tertiary/aromatic N) is 3. The van der Waals surface area contributed by atoms with Crippen molar-refractivity contribution in [3.8, 4) is 11.4 Å². The van der Waals surface area contributed by atoms with Gasteiger partial charge < -0.3 is 14.7 Å². The van der Waals surface area contributed by atoms with Gasteiger partial charge >= 0.3 is 6.03 Å². The molecule has 8 heteroatoms. The summed E-state index contributed by atoms with van der Waals surface area (Å²) in [7, 11) is 0. The summed E-state index contributed by atoms with van der Waals surface area (Å²) in [6.45, 7) is 0.499. The van der Waals surface area contributed by atoms with E-state index in [2.05, 4.69) is 15.5 Å². The molecule has 138 valence electrons. The number of carbonyl (C=O) groups is 1. The Kier molecular flexibility index (Phi) is 4.53. The molecule has 0 aliphatic carbocycles. The zero-order valence-electron chi connectivity index (χ0n) is 14.2. The maximum absolute atomic E-state index is 13.8. The van der Waals surface area contributed by atoms with Crippen LogP contribution in [0.4, 0.5) is 19.3 Å². The van der Waals surface area contributed by atoms with Gasteiger partial charge in [0.2, 0.25) is 11.7 Å². The van der Waals surface area contributed by atoms with E-state index in [1.165, 1.54) is 24.3 Å². The molecule has 1 atom stereocenters. The number of likely N-dealkylation sites (tertiary alicyclic amines) is 1. The van der Waals surface area contributed by atoms with Gasteiger partial charge in [-0.2, -0.15) is 4.98 Å². The number of benzene rings is 2. The van der Waals surface area contributed by atoms with E-state index in [1.807, 2.05) is 0 Å². The van der Waals surface area contributed by atoms with Crippen molar-refractivity contribution in [2.75, 3.05) is 11.9 Å². The largest absolute Gasteiger partial charge is 0.337 e. The molecule has 2 amide bonds. The third-order valence-electron chi connectivity index (χ3n) is 4.46. The number of carbonyl (C=O) groups excluding carboxylic acids is 1. The highest BCUT2D eigenvalue weighted by molar-refractivity contribution is 5.89. The monoisotopic (exact) mass is 370 g/mol. The predicted octanol–water partition coefficient (Wildman–Crippen LogP) is 4.38. The summed E-state index contributed by atoms with van der Waals surface area (Å²) in [5.74, 6) is -0.228. The standard InChI is InChI=1S/C19H16F2N4O2/c20-13-9-7-12(8-10-13)17-23-18(27-24-17)16-6-3-11-25(16)19(26)22-15-5-2-1-4-14(15)21/h1-2,4-5,7-10,16H,3,6,11H2,(H,22,26)/t16-/m0/s1. The van der Waals surface area contributed by atoms with Crippen LogP contribution in [-0.4, -0.2) is 27.6 Å². The molecule has 0 unspecified atom stereocenters. The van der Waals surface area contributed by atoms with Crippen molar-refractivity contribution in [1.29, 1.82) is 0 Å². The minimum absolute atomic E-state index is 0.116. The molecule has 4 rings (SSSR count). The van der Waals surface area contributed by atoms with Crippen LogP contribution in [-0.2, 0) is 0 Å². The first kappa shape index (κ1) is 17.1. The van der Waals surface area contributed by atoms with Crippen molar-refractivity contribution >= 4 is 11.7 Å². The van der Waals surface area contributed by atoms with Crippen LogP contribution in [0.5, 0.6) is 0 Å². The predicted molar refractivity (Wildman–Crippen MR) is 93.8 cm³/mol. The molecule has 2 aromatic carbocycles. The van der Waals surface area contributed by atoms with E-state index in [0.29, 0.717) is 30.2 Å². The second-order valence-corrected chi connectivity index (χ2v) is 6.22. The molecule has 1 N–H and O–H groups in total. The van der Waals surface area contributed by atoms with Gasteiger partial charge in [0.1, 0.15) is 17.7 Å². The molecular formula is C19H16F2N4O2. The molecule has 0 radical (unpaired) electrons. The zero-order valence-corrected chi connectivity index (χ0v) is 14.2. The van der Waals surface area contributed by atoms with Gasteiger partial charge in [0.15, 0.2) is 0 Å². The van der Waals surface area contributed by atoms with Crippen LogP contribution in [0.3, 0.4) is 0 Å². The number of halogens is 2. The molecular weight excluding hydrogens is 354 g/mol. The molecule has 1 aliphatic heterocycles. The molecule has 27 heavy (non-hydrogen) atoms. The Labute approximate surface area is 153 Å². The van der Waals surface area contributed by atoms with Gasteiger partial charge in [0.05, 0.1) is 5.69 Å². The number of rotatable bonds is 3. The Hall–Kier alpha value is -3.29. The Balaban J connectivity index is 1.52. The van der Waals surface area contributed by atoms with Gasteiger partial charge in [-0.1, -0.05) is 17.3 Å². The van der Waals surface area contributed by atoms with Crippen molar-refractivity contribution in [3.63, 3.8) is 0 Å². The van der Waals surface area contributed by atoms with Crippen molar-refractivity contribution < 1.29 is 18.1 Å². The summed E-state index contributed by atoms with van der Waals surface area (Å²) in [6.07, 6.45) is 1.43. The first-order valence-electron chi connectivity index (χ1n) is 8.53. The molecule has 1 aromatic heterocycles. The second-order valence-electron chi connectivity index (χ2n) is 6.22. The van der Waals surface area contributed by atoms with Crippen LogP contribution >= 0.6 is 0 Å².